The molecule has 0 amide bonds. The molecular formula is C10H8N2O3S2. The number of carboxylic acid groups (broad SMARTS) is 1. The summed E-state index contributed by atoms with van der Waals surface area (Å²) in [6.07, 6.45) is 1.70. The van der Waals surface area contributed by atoms with Gasteiger partial charge in [-0.3, -0.25) is 4.79 Å². The molecule has 2 rings (SSSR count). The summed E-state index contributed by atoms with van der Waals surface area (Å²) in [4.78, 5) is 29.8. The highest BCUT2D eigenvalue weighted by atomic mass is 32.2. The number of rotatable bonds is 4. The van der Waals surface area contributed by atoms with Gasteiger partial charge in [0.2, 0.25) is 0 Å². The van der Waals surface area contributed by atoms with Crippen molar-refractivity contribution in [1.82, 2.24) is 9.97 Å². The summed E-state index contributed by atoms with van der Waals surface area (Å²) >= 11 is 2.49. The Morgan fingerprint density at radius 1 is 1.71 bits per heavy atom. The van der Waals surface area contributed by atoms with E-state index in [4.69, 9.17) is 5.11 Å². The number of hydrogen-bond acceptors (Lipinski definition) is 5. The van der Waals surface area contributed by atoms with Crippen molar-refractivity contribution in [2.75, 3.05) is 5.75 Å². The minimum absolute atomic E-state index is 0.000907. The van der Waals surface area contributed by atoms with Crippen molar-refractivity contribution >= 4 is 39.3 Å². The molecule has 0 radical (unpaired) electrons. The van der Waals surface area contributed by atoms with E-state index in [0.29, 0.717) is 15.7 Å². The van der Waals surface area contributed by atoms with E-state index in [1.54, 1.807) is 6.08 Å². The molecule has 0 atom stereocenters. The Kier molecular flexibility index (Phi) is 3.30. The molecule has 0 unspecified atom stereocenters. The standard InChI is InChI=1S/C10H8N2O3S2/c1-2-3-16-10-11-7(13)6-5(9(14)15)4-17-8(6)12-10/h2,4H,1,3H2,(H,14,15)(H,11,12,13). The molecule has 0 saturated heterocycles. The number of aromatic nitrogens is 2. The first-order valence-corrected chi connectivity index (χ1v) is 6.48. The van der Waals surface area contributed by atoms with Crippen molar-refractivity contribution in [3.05, 3.63) is 34.0 Å². The van der Waals surface area contributed by atoms with Gasteiger partial charge in [-0.25, -0.2) is 9.78 Å². The molecule has 0 fully saturated rings. The molecule has 5 nitrogen and oxygen atoms in total. The van der Waals surface area contributed by atoms with Crippen LogP contribution >= 0.6 is 23.1 Å². The van der Waals surface area contributed by atoms with Gasteiger partial charge < -0.3 is 10.1 Å². The second-order valence-corrected chi connectivity index (χ2v) is 4.97. The monoisotopic (exact) mass is 268 g/mol. The third kappa shape index (κ3) is 2.25. The minimum Gasteiger partial charge on any atom is -0.478 e. The second kappa shape index (κ2) is 4.72. The highest BCUT2D eigenvalue weighted by Crippen LogP contribution is 2.23. The van der Waals surface area contributed by atoms with E-state index in [9.17, 15) is 9.59 Å². The van der Waals surface area contributed by atoms with E-state index < -0.39 is 11.5 Å². The van der Waals surface area contributed by atoms with Crippen LogP contribution in [0.5, 0.6) is 0 Å². The molecule has 88 valence electrons. The maximum atomic E-state index is 11.8. The number of carbonyl (C=O) groups is 1. The maximum absolute atomic E-state index is 11.8. The second-order valence-electron chi connectivity index (χ2n) is 3.11. The number of aromatic carboxylic acids is 1. The van der Waals surface area contributed by atoms with Crippen LogP contribution in [0.2, 0.25) is 0 Å². The highest BCUT2D eigenvalue weighted by Gasteiger charge is 2.15. The maximum Gasteiger partial charge on any atom is 0.337 e. The number of thiophene rings is 1. The fourth-order valence-electron chi connectivity index (χ4n) is 1.29. The number of H-pyrrole nitrogens is 1. The molecule has 2 N–H and O–H groups in total. The minimum atomic E-state index is -1.12. The molecule has 17 heavy (non-hydrogen) atoms. The van der Waals surface area contributed by atoms with Crippen molar-refractivity contribution in [3.8, 4) is 0 Å². The van der Waals surface area contributed by atoms with Gasteiger partial charge in [0.25, 0.3) is 5.56 Å². The van der Waals surface area contributed by atoms with E-state index in [2.05, 4.69) is 16.5 Å². The average molecular weight is 268 g/mol. The largest absolute Gasteiger partial charge is 0.478 e. The van der Waals surface area contributed by atoms with Gasteiger partial charge in [-0.05, 0) is 0 Å². The van der Waals surface area contributed by atoms with Gasteiger partial charge >= 0.3 is 5.97 Å². The van der Waals surface area contributed by atoms with Gasteiger partial charge in [-0.1, -0.05) is 17.8 Å². The fourth-order valence-corrected chi connectivity index (χ4v) is 2.86. The predicted octanol–water partition coefficient (Wildman–Crippen LogP) is 1.96. The number of nitrogens with one attached hydrogen (secondary N) is 1. The fraction of sp³-hybridized carbons (Fsp3) is 0.100. The van der Waals surface area contributed by atoms with Crippen LogP contribution in [-0.2, 0) is 0 Å². The summed E-state index contributed by atoms with van der Waals surface area (Å²) < 4.78 is 0. The molecule has 0 saturated carbocycles. The summed E-state index contributed by atoms with van der Waals surface area (Å²) in [6.45, 7) is 3.57. The van der Waals surface area contributed by atoms with E-state index in [1.807, 2.05) is 0 Å². The molecule has 0 aliphatic heterocycles. The lowest BCUT2D eigenvalue weighted by Crippen LogP contribution is -2.11. The smallest absolute Gasteiger partial charge is 0.337 e. The van der Waals surface area contributed by atoms with Crippen molar-refractivity contribution < 1.29 is 9.90 Å². The SMILES string of the molecule is C=CCSc1nc2scc(C(=O)O)c2c(=O)[nH]1. The van der Waals surface area contributed by atoms with Gasteiger partial charge in [0.15, 0.2) is 5.16 Å². The van der Waals surface area contributed by atoms with Crippen LogP contribution in [0.15, 0.2) is 28.0 Å². The summed E-state index contributed by atoms with van der Waals surface area (Å²) in [5, 5.41) is 11.0. The lowest BCUT2D eigenvalue weighted by atomic mass is 10.2. The third-order valence-electron chi connectivity index (χ3n) is 1.99. The molecule has 2 heterocycles. The number of nitrogens with zero attached hydrogens (tertiary/aromatic N) is 1. The van der Waals surface area contributed by atoms with Crippen molar-refractivity contribution in [1.29, 1.82) is 0 Å². The molecule has 7 heteroatoms. The number of thioether (sulfide) groups is 1. The quantitative estimate of drug-likeness (QED) is 0.503. The third-order valence-corrected chi connectivity index (χ3v) is 3.73. The van der Waals surface area contributed by atoms with E-state index >= 15 is 0 Å². The molecular weight excluding hydrogens is 260 g/mol. The number of carboxylic acids is 1. The Balaban J connectivity index is 2.57. The van der Waals surface area contributed by atoms with Gasteiger partial charge in [0.1, 0.15) is 4.83 Å². The summed E-state index contributed by atoms with van der Waals surface area (Å²) in [5.41, 5.74) is -0.417. The first-order valence-electron chi connectivity index (χ1n) is 4.62. The van der Waals surface area contributed by atoms with Crippen LogP contribution in [0.1, 0.15) is 10.4 Å². The molecule has 0 aromatic carbocycles. The number of hydrogen-bond donors (Lipinski definition) is 2. The zero-order valence-electron chi connectivity index (χ0n) is 8.60. The van der Waals surface area contributed by atoms with Crippen LogP contribution in [0.4, 0.5) is 0 Å². The van der Waals surface area contributed by atoms with Crippen LogP contribution in [0.25, 0.3) is 10.2 Å². The number of fused-ring (bicyclic) bond motifs is 1. The van der Waals surface area contributed by atoms with E-state index in [1.165, 1.54) is 17.1 Å². The van der Waals surface area contributed by atoms with E-state index in [0.717, 1.165) is 11.3 Å². The van der Waals surface area contributed by atoms with Crippen LogP contribution < -0.4 is 5.56 Å². The van der Waals surface area contributed by atoms with Gasteiger partial charge in [-0.2, -0.15) is 0 Å². The first kappa shape index (κ1) is 11.9. The molecule has 0 bridgehead atoms. The zero-order valence-corrected chi connectivity index (χ0v) is 10.2. The average Bonchev–Trinajstić information content (AvgIpc) is 2.70. The summed E-state index contributed by atoms with van der Waals surface area (Å²) in [7, 11) is 0. The highest BCUT2D eigenvalue weighted by molar-refractivity contribution is 7.99. The Bertz CT molecular complexity index is 645. The van der Waals surface area contributed by atoms with Gasteiger partial charge in [-0.15, -0.1) is 17.9 Å². The van der Waals surface area contributed by atoms with Crippen molar-refractivity contribution in [3.63, 3.8) is 0 Å². The Morgan fingerprint density at radius 3 is 3.12 bits per heavy atom. The molecule has 0 aliphatic carbocycles. The normalized spacial score (nSPS) is 10.6. The van der Waals surface area contributed by atoms with Crippen LogP contribution in [0.3, 0.4) is 0 Å². The summed E-state index contributed by atoms with van der Waals surface area (Å²) in [5.74, 6) is -0.485. The number of aromatic amines is 1. The van der Waals surface area contributed by atoms with Gasteiger partial charge in [0, 0.05) is 11.1 Å². The molecule has 2 aromatic rings. The Labute approximate surface area is 104 Å². The van der Waals surface area contributed by atoms with Gasteiger partial charge in [0.05, 0.1) is 10.9 Å². The predicted molar refractivity (Wildman–Crippen MR) is 68.1 cm³/mol. The molecule has 2 aromatic heterocycles. The summed E-state index contributed by atoms with van der Waals surface area (Å²) in [6, 6.07) is 0. The first-order chi connectivity index (χ1) is 8.13. The lowest BCUT2D eigenvalue weighted by Gasteiger charge is -1.97. The Morgan fingerprint density at radius 2 is 2.47 bits per heavy atom. The van der Waals surface area contributed by atoms with Crippen LogP contribution in [-0.4, -0.2) is 26.8 Å². The molecule has 0 aliphatic rings. The lowest BCUT2D eigenvalue weighted by molar-refractivity contribution is 0.0699. The van der Waals surface area contributed by atoms with Crippen LogP contribution in [0, 0.1) is 0 Å². The van der Waals surface area contributed by atoms with Crippen molar-refractivity contribution in [2.24, 2.45) is 0 Å². The topological polar surface area (TPSA) is 83.0 Å². The molecule has 0 spiro atoms. The zero-order chi connectivity index (χ0) is 12.4. The van der Waals surface area contributed by atoms with E-state index in [-0.39, 0.29) is 10.9 Å². The Hall–Kier alpha value is -1.60. The van der Waals surface area contributed by atoms with Crippen molar-refractivity contribution in [2.45, 2.75) is 5.16 Å².